The first-order valence-corrected chi connectivity index (χ1v) is 15.5. The van der Waals surface area contributed by atoms with E-state index in [0.717, 1.165) is 0 Å². The highest BCUT2D eigenvalue weighted by atomic mass is 14.9. The zero-order chi connectivity index (χ0) is 29.5. The van der Waals surface area contributed by atoms with Gasteiger partial charge in [-0.25, -0.2) is 0 Å². The highest BCUT2D eigenvalue weighted by Crippen LogP contribution is 2.47. The maximum atomic E-state index is 4.55. The van der Waals surface area contributed by atoms with Crippen LogP contribution in [0, 0.1) is 0 Å². The van der Waals surface area contributed by atoms with Crippen molar-refractivity contribution in [3.05, 3.63) is 158 Å². The zero-order valence-electron chi connectivity index (χ0n) is 24.4. The Kier molecular flexibility index (Phi) is 5.03. The average Bonchev–Trinajstić information content (AvgIpc) is 3.63. The van der Waals surface area contributed by atoms with Crippen molar-refractivity contribution in [1.29, 1.82) is 0 Å². The molecule has 2 heteroatoms. The Balaban J connectivity index is 1.30. The summed E-state index contributed by atoms with van der Waals surface area (Å²) in [5.74, 6) is 0. The van der Waals surface area contributed by atoms with E-state index in [1.165, 1.54) is 93.0 Å². The molecule has 208 valence electrons. The molecule has 0 aliphatic rings. The van der Waals surface area contributed by atoms with Crippen molar-refractivity contribution in [2.45, 2.75) is 0 Å². The standard InChI is InChI=1S/C43H26N2/c1-2-10-27(11-3-1)28-18-20-29(21-19-28)41-32-13-4-6-15-34(32)42(35-16-7-5-14-33(35)41)30-24-36-31-12-8-9-17-39(31)45-40-22-23-44-26-38(40)37(25-30)43(36)45/h1-26H. The molecule has 0 bridgehead atoms. The number of hydrogen-bond donors (Lipinski definition) is 0. The summed E-state index contributed by atoms with van der Waals surface area (Å²) in [5, 5.41) is 10.0. The normalized spacial score (nSPS) is 12.0. The number of fused-ring (bicyclic) bond motifs is 8. The van der Waals surface area contributed by atoms with E-state index in [0.29, 0.717) is 0 Å². The Hall–Kier alpha value is -5.99. The summed E-state index contributed by atoms with van der Waals surface area (Å²) >= 11 is 0. The lowest BCUT2D eigenvalue weighted by atomic mass is 9.85. The highest BCUT2D eigenvalue weighted by Gasteiger charge is 2.21. The van der Waals surface area contributed by atoms with Gasteiger partial charge in [0, 0.05) is 33.9 Å². The van der Waals surface area contributed by atoms with Gasteiger partial charge in [-0.2, -0.15) is 0 Å². The molecular formula is C43H26N2. The minimum absolute atomic E-state index is 1.19. The number of benzene rings is 7. The summed E-state index contributed by atoms with van der Waals surface area (Å²) in [4.78, 5) is 4.55. The fourth-order valence-corrected chi connectivity index (χ4v) is 7.70. The number of rotatable bonds is 3. The molecule has 45 heavy (non-hydrogen) atoms. The second-order valence-corrected chi connectivity index (χ2v) is 11.9. The van der Waals surface area contributed by atoms with Crippen LogP contribution >= 0.6 is 0 Å². The third kappa shape index (κ3) is 3.42. The van der Waals surface area contributed by atoms with Crippen LogP contribution in [0.3, 0.4) is 0 Å². The van der Waals surface area contributed by atoms with Gasteiger partial charge in [-0.1, -0.05) is 121 Å². The first-order chi connectivity index (χ1) is 22.3. The van der Waals surface area contributed by atoms with Crippen LogP contribution in [0.1, 0.15) is 0 Å². The molecule has 10 rings (SSSR count). The lowest BCUT2D eigenvalue weighted by Gasteiger charge is -2.18. The smallest absolute Gasteiger partial charge is 0.0621 e. The van der Waals surface area contributed by atoms with Crippen LogP contribution in [0.2, 0.25) is 0 Å². The minimum atomic E-state index is 1.19. The quantitative estimate of drug-likeness (QED) is 0.193. The van der Waals surface area contributed by atoms with Crippen molar-refractivity contribution in [2.24, 2.45) is 0 Å². The number of hydrogen-bond acceptors (Lipinski definition) is 1. The third-order valence-corrected chi connectivity index (χ3v) is 9.60. The van der Waals surface area contributed by atoms with Crippen LogP contribution in [0.25, 0.3) is 93.0 Å². The first kappa shape index (κ1) is 24.5. The molecule has 0 fully saturated rings. The first-order valence-electron chi connectivity index (χ1n) is 15.5. The lowest BCUT2D eigenvalue weighted by Crippen LogP contribution is -1.91. The molecule has 0 saturated carbocycles. The van der Waals surface area contributed by atoms with E-state index in [1.807, 2.05) is 12.4 Å². The van der Waals surface area contributed by atoms with Gasteiger partial charge in [-0.3, -0.25) is 4.98 Å². The van der Waals surface area contributed by atoms with Crippen LogP contribution in [-0.4, -0.2) is 9.38 Å². The second-order valence-electron chi connectivity index (χ2n) is 11.9. The van der Waals surface area contributed by atoms with Crippen molar-refractivity contribution >= 4 is 59.6 Å². The van der Waals surface area contributed by atoms with Gasteiger partial charge in [0.15, 0.2) is 0 Å². The van der Waals surface area contributed by atoms with Crippen molar-refractivity contribution in [2.75, 3.05) is 0 Å². The van der Waals surface area contributed by atoms with Gasteiger partial charge in [-0.05, 0) is 79.2 Å². The molecule has 0 aliphatic carbocycles. The minimum Gasteiger partial charge on any atom is -0.308 e. The monoisotopic (exact) mass is 570 g/mol. The molecule has 10 aromatic rings. The molecule has 3 heterocycles. The van der Waals surface area contributed by atoms with Gasteiger partial charge in [0.05, 0.1) is 16.6 Å². The molecule has 0 unspecified atom stereocenters. The van der Waals surface area contributed by atoms with E-state index < -0.39 is 0 Å². The van der Waals surface area contributed by atoms with E-state index in [2.05, 4.69) is 155 Å². The van der Waals surface area contributed by atoms with Crippen LogP contribution in [-0.2, 0) is 0 Å². The summed E-state index contributed by atoms with van der Waals surface area (Å²) in [5.41, 5.74) is 11.2. The van der Waals surface area contributed by atoms with E-state index >= 15 is 0 Å². The molecule has 3 aromatic heterocycles. The van der Waals surface area contributed by atoms with Crippen molar-refractivity contribution < 1.29 is 0 Å². The van der Waals surface area contributed by atoms with E-state index in [4.69, 9.17) is 0 Å². The maximum Gasteiger partial charge on any atom is 0.0621 e. The molecule has 7 aromatic carbocycles. The van der Waals surface area contributed by atoms with Gasteiger partial charge in [0.25, 0.3) is 0 Å². The van der Waals surface area contributed by atoms with Crippen LogP contribution in [0.15, 0.2) is 158 Å². The fourth-order valence-electron chi connectivity index (χ4n) is 7.70. The Labute approximate surface area is 259 Å². The number of pyridine rings is 1. The number of aromatic nitrogens is 2. The number of nitrogens with zero attached hydrogens (tertiary/aromatic N) is 2. The average molecular weight is 571 g/mol. The van der Waals surface area contributed by atoms with Crippen molar-refractivity contribution in [3.63, 3.8) is 0 Å². The second kappa shape index (κ2) is 9.25. The van der Waals surface area contributed by atoms with Gasteiger partial charge in [0.2, 0.25) is 0 Å². The summed E-state index contributed by atoms with van der Waals surface area (Å²) in [6, 6.07) is 53.2. The van der Waals surface area contributed by atoms with Gasteiger partial charge in [0.1, 0.15) is 0 Å². The van der Waals surface area contributed by atoms with Crippen LogP contribution in [0.4, 0.5) is 0 Å². The van der Waals surface area contributed by atoms with Gasteiger partial charge >= 0.3 is 0 Å². The molecule has 0 spiro atoms. The largest absolute Gasteiger partial charge is 0.308 e. The van der Waals surface area contributed by atoms with E-state index in [-0.39, 0.29) is 0 Å². The van der Waals surface area contributed by atoms with Gasteiger partial charge < -0.3 is 4.40 Å². The molecule has 0 saturated heterocycles. The molecule has 2 nitrogen and oxygen atoms in total. The Bertz CT molecular complexity index is 2590. The zero-order valence-corrected chi connectivity index (χ0v) is 24.4. The van der Waals surface area contributed by atoms with Crippen LogP contribution < -0.4 is 0 Å². The van der Waals surface area contributed by atoms with E-state index in [9.17, 15) is 0 Å². The van der Waals surface area contributed by atoms with E-state index in [1.54, 1.807) is 0 Å². The molecule has 0 N–H and O–H groups in total. The highest BCUT2D eigenvalue weighted by molar-refractivity contribution is 6.27. The third-order valence-electron chi connectivity index (χ3n) is 9.60. The topological polar surface area (TPSA) is 17.3 Å². The summed E-state index contributed by atoms with van der Waals surface area (Å²) in [6.07, 6.45) is 3.92. The Morgan fingerprint density at radius 1 is 0.356 bits per heavy atom. The van der Waals surface area contributed by atoms with Crippen molar-refractivity contribution in [1.82, 2.24) is 9.38 Å². The molecule has 0 atom stereocenters. The predicted octanol–water partition coefficient (Wildman–Crippen LogP) is 11.5. The molecule has 0 amide bonds. The molecule has 0 aliphatic heterocycles. The summed E-state index contributed by atoms with van der Waals surface area (Å²) < 4.78 is 2.42. The van der Waals surface area contributed by atoms with Gasteiger partial charge in [-0.15, -0.1) is 0 Å². The maximum absolute atomic E-state index is 4.55. The molecule has 0 radical (unpaired) electrons. The summed E-state index contributed by atoms with van der Waals surface area (Å²) in [6.45, 7) is 0. The Morgan fingerprint density at radius 2 is 0.844 bits per heavy atom. The molecular weight excluding hydrogens is 544 g/mol. The number of para-hydroxylation sites is 1. The summed E-state index contributed by atoms with van der Waals surface area (Å²) in [7, 11) is 0. The fraction of sp³-hybridized carbons (Fsp3) is 0. The van der Waals surface area contributed by atoms with Crippen LogP contribution in [0.5, 0.6) is 0 Å². The predicted molar refractivity (Wildman–Crippen MR) is 190 cm³/mol. The van der Waals surface area contributed by atoms with Crippen molar-refractivity contribution in [3.8, 4) is 33.4 Å². The lowest BCUT2D eigenvalue weighted by molar-refractivity contribution is 1.32. The Morgan fingerprint density at radius 3 is 1.51 bits per heavy atom. The SMILES string of the molecule is c1ccc(-c2ccc(-c3c4ccccc4c(-c4cc5c6ccccc6n6c7ccncc7c(c4)c56)c4ccccc34)cc2)cc1.